The zero-order valence-electron chi connectivity index (χ0n) is 13.1. The molecule has 3 heteroatoms. The Morgan fingerprint density at radius 2 is 1.81 bits per heavy atom. The van der Waals surface area contributed by atoms with Crippen molar-refractivity contribution < 1.29 is 9.47 Å². The Kier molecular flexibility index (Phi) is 5.23. The summed E-state index contributed by atoms with van der Waals surface area (Å²) >= 11 is 0. The van der Waals surface area contributed by atoms with Gasteiger partial charge in [0.2, 0.25) is 0 Å². The fourth-order valence-electron chi connectivity index (χ4n) is 2.47. The van der Waals surface area contributed by atoms with E-state index in [0.29, 0.717) is 0 Å². The van der Waals surface area contributed by atoms with Crippen molar-refractivity contribution in [3.8, 4) is 11.5 Å². The Hall–Kier alpha value is -2.00. The standard InChI is InChI=1S/C18H23NO2/c1-13-7-5-6-8-17(13)14(2)19-12-15-11-16(20-3)9-10-18(15)21-4/h5-11,14,19H,12H2,1-4H3/t14-/m1/s1. The number of hydrogen-bond acceptors (Lipinski definition) is 3. The predicted molar refractivity (Wildman–Crippen MR) is 86.0 cm³/mol. The first-order valence-corrected chi connectivity index (χ1v) is 7.15. The van der Waals surface area contributed by atoms with Crippen LogP contribution in [0.5, 0.6) is 11.5 Å². The highest BCUT2D eigenvalue weighted by atomic mass is 16.5. The molecule has 0 heterocycles. The molecule has 1 atom stereocenters. The van der Waals surface area contributed by atoms with Gasteiger partial charge in [-0.2, -0.15) is 0 Å². The molecule has 0 fully saturated rings. The molecule has 0 aromatic heterocycles. The van der Waals surface area contributed by atoms with Gasteiger partial charge >= 0.3 is 0 Å². The van der Waals surface area contributed by atoms with Gasteiger partial charge in [0.15, 0.2) is 0 Å². The summed E-state index contributed by atoms with van der Waals surface area (Å²) in [6, 6.07) is 14.6. The van der Waals surface area contributed by atoms with Gasteiger partial charge in [-0.05, 0) is 43.2 Å². The van der Waals surface area contributed by atoms with Crippen molar-refractivity contribution in [2.45, 2.75) is 26.4 Å². The first-order chi connectivity index (χ1) is 10.2. The summed E-state index contributed by atoms with van der Waals surface area (Å²) in [6.45, 7) is 5.05. The molecule has 2 aromatic carbocycles. The van der Waals surface area contributed by atoms with Gasteiger partial charge in [-0.15, -0.1) is 0 Å². The quantitative estimate of drug-likeness (QED) is 0.874. The van der Waals surface area contributed by atoms with Crippen LogP contribution in [-0.2, 0) is 6.54 Å². The summed E-state index contributed by atoms with van der Waals surface area (Å²) in [5, 5.41) is 3.55. The second-order valence-corrected chi connectivity index (χ2v) is 5.14. The molecule has 0 saturated carbocycles. The topological polar surface area (TPSA) is 30.5 Å². The summed E-state index contributed by atoms with van der Waals surface area (Å²) in [6.07, 6.45) is 0. The molecule has 3 nitrogen and oxygen atoms in total. The highest BCUT2D eigenvalue weighted by Crippen LogP contribution is 2.25. The van der Waals surface area contributed by atoms with Crippen LogP contribution in [0.4, 0.5) is 0 Å². The number of nitrogens with one attached hydrogen (secondary N) is 1. The summed E-state index contributed by atoms with van der Waals surface area (Å²) < 4.78 is 10.7. The lowest BCUT2D eigenvalue weighted by molar-refractivity contribution is 0.395. The second kappa shape index (κ2) is 7.14. The minimum absolute atomic E-state index is 0.280. The van der Waals surface area contributed by atoms with E-state index in [2.05, 4.69) is 43.4 Å². The zero-order valence-corrected chi connectivity index (χ0v) is 13.1. The average Bonchev–Trinajstić information content (AvgIpc) is 2.52. The van der Waals surface area contributed by atoms with Crippen LogP contribution in [0.15, 0.2) is 42.5 Å². The van der Waals surface area contributed by atoms with Gasteiger partial charge in [0, 0.05) is 18.2 Å². The number of rotatable bonds is 6. The van der Waals surface area contributed by atoms with Crippen LogP contribution in [0, 0.1) is 6.92 Å². The zero-order chi connectivity index (χ0) is 15.2. The van der Waals surface area contributed by atoms with E-state index in [-0.39, 0.29) is 6.04 Å². The molecule has 112 valence electrons. The van der Waals surface area contributed by atoms with Crippen molar-refractivity contribution in [3.63, 3.8) is 0 Å². The Bertz CT molecular complexity index is 596. The SMILES string of the molecule is COc1ccc(OC)c(CN[C@H](C)c2ccccc2C)c1. The van der Waals surface area contributed by atoms with Gasteiger partial charge in [-0.25, -0.2) is 0 Å². The maximum atomic E-state index is 5.41. The monoisotopic (exact) mass is 285 g/mol. The second-order valence-electron chi connectivity index (χ2n) is 5.14. The van der Waals surface area contributed by atoms with E-state index in [1.807, 2.05) is 18.2 Å². The Balaban J connectivity index is 2.10. The molecule has 1 N–H and O–H groups in total. The number of methoxy groups -OCH3 is 2. The highest BCUT2D eigenvalue weighted by molar-refractivity contribution is 5.40. The lowest BCUT2D eigenvalue weighted by atomic mass is 10.0. The third kappa shape index (κ3) is 3.76. The fourth-order valence-corrected chi connectivity index (χ4v) is 2.47. The summed E-state index contributed by atoms with van der Waals surface area (Å²) in [7, 11) is 3.37. The van der Waals surface area contributed by atoms with Crippen molar-refractivity contribution in [1.82, 2.24) is 5.32 Å². The molecule has 0 saturated heterocycles. The van der Waals surface area contributed by atoms with Crippen LogP contribution in [0.1, 0.15) is 29.7 Å². The van der Waals surface area contributed by atoms with E-state index in [0.717, 1.165) is 23.6 Å². The lowest BCUT2D eigenvalue weighted by Gasteiger charge is -2.18. The maximum absolute atomic E-state index is 5.41. The average molecular weight is 285 g/mol. The van der Waals surface area contributed by atoms with Gasteiger partial charge in [0.05, 0.1) is 14.2 Å². The van der Waals surface area contributed by atoms with Crippen molar-refractivity contribution in [3.05, 3.63) is 59.2 Å². The van der Waals surface area contributed by atoms with Crippen molar-refractivity contribution in [1.29, 1.82) is 0 Å². The fraction of sp³-hybridized carbons (Fsp3) is 0.333. The van der Waals surface area contributed by atoms with Crippen molar-refractivity contribution in [2.75, 3.05) is 14.2 Å². The van der Waals surface area contributed by atoms with Crippen LogP contribution < -0.4 is 14.8 Å². The van der Waals surface area contributed by atoms with E-state index in [1.54, 1.807) is 14.2 Å². The number of benzene rings is 2. The predicted octanol–water partition coefficient (Wildman–Crippen LogP) is 3.86. The molecule has 0 aliphatic rings. The van der Waals surface area contributed by atoms with Gasteiger partial charge < -0.3 is 14.8 Å². The van der Waals surface area contributed by atoms with E-state index < -0.39 is 0 Å². The Morgan fingerprint density at radius 1 is 1.05 bits per heavy atom. The Labute approximate surface area is 126 Å². The first kappa shape index (κ1) is 15.4. The van der Waals surface area contributed by atoms with E-state index in [4.69, 9.17) is 9.47 Å². The maximum Gasteiger partial charge on any atom is 0.123 e. The van der Waals surface area contributed by atoms with Crippen LogP contribution in [-0.4, -0.2) is 14.2 Å². The third-order valence-electron chi connectivity index (χ3n) is 3.74. The minimum Gasteiger partial charge on any atom is -0.497 e. The van der Waals surface area contributed by atoms with Crippen LogP contribution in [0.25, 0.3) is 0 Å². The largest absolute Gasteiger partial charge is 0.497 e. The lowest BCUT2D eigenvalue weighted by Crippen LogP contribution is -2.19. The summed E-state index contributed by atoms with van der Waals surface area (Å²) in [4.78, 5) is 0. The smallest absolute Gasteiger partial charge is 0.123 e. The van der Waals surface area contributed by atoms with Crippen LogP contribution >= 0.6 is 0 Å². The molecule has 21 heavy (non-hydrogen) atoms. The van der Waals surface area contributed by atoms with Gasteiger partial charge in [0.25, 0.3) is 0 Å². The molecular weight excluding hydrogens is 262 g/mol. The van der Waals surface area contributed by atoms with Gasteiger partial charge in [-0.3, -0.25) is 0 Å². The van der Waals surface area contributed by atoms with Gasteiger partial charge in [0.1, 0.15) is 11.5 Å². The molecule has 0 amide bonds. The highest BCUT2D eigenvalue weighted by Gasteiger charge is 2.10. The van der Waals surface area contributed by atoms with E-state index in [1.165, 1.54) is 11.1 Å². The van der Waals surface area contributed by atoms with Crippen molar-refractivity contribution >= 4 is 0 Å². The molecule has 0 spiro atoms. The molecule has 0 bridgehead atoms. The number of ether oxygens (including phenoxy) is 2. The van der Waals surface area contributed by atoms with E-state index >= 15 is 0 Å². The summed E-state index contributed by atoms with van der Waals surface area (Å²) in [5.41, 5.74) is 3.71. The van der Waals surface area contributed by atoms with E-state index in [9.17, 15) is 0 Å². The molecule has 0 radical (unpaired) electrons. The molecule has 2 aromatic rings. The van der Waals surface area contributed by atoms with Crippen molar-refractivity contribution in [2.24, 2.45) is 0 Å². The number of aryl methyl sites for hydroxylation is 1. The molecule has 0 unspecified atom stereocenters. The minimum atomic E-state index is 0.280. The molecule has 2 rings (SSSR count). The normalized spacial score (nSPS) is 12.0. The molecule has 0 aliphatic carbocycles. The third-order valence-corrected chi connectivity index (χ3v) is 3.74. The molecular formula is C18H23NO2. The molecule has 0 aliphatic heterocycles. The Morgan fingerprint density at radius 3 is 2.48 bits per heavy atom. The number of hydrogen-bond donors (Lipinski definition) is 1. The van der Waals surface area contributed by atoms with Crippen LogP contribution in [0.3, 0.4) is 0 Å². The first-order valence-electron chi connectivity index (χ1n) is 7.15. The summed E-state index contributed by atoms with van der Waals surface area (Å²) in [5.74, 6) is 1.72. The van der Waals surface area contributed by atoms with Crippen LogP contribution in [0.2, 0.25) is 0 Å². The van der Waals surface area contributed by atoms with Gasteiger partial charge in [-0.1, -0.05) is 24.3 Å².